The van der Waals surface area contributed by atoms with Crippen molar-refractivity contribution in [2.45, 2.75) is 51.3 Å². The maximum absolute atomic E-state index is 10.5. The van der Waals surface area contributed by atoms with Gasteiger partial charge in [-0.1, -0.05) is 6.92 Å². The van der Waals surface area contributed by atoms with Crippen molar-refractivity contribution in [2.24, 2.45) is 5.92 Å². The van der Waals surface area contributed by atoms with Crippen LogP contribution in [-0.2, 0) is 19.0 Å². The second-order valence-corrected chi connectivity index (χ2v) is 5.02. The summed E-state index contributed by atoms with van der Waals surface area (Å²) in [4.78, 5) is 10.5. The zero-order valence-electron chi connectivity index (χ0n) is 9.80. The fourth-order valence-electron chi connectivity index (χ4n) is 2.52. The third-order valence-corrected chi connectivity index (χ3v) is 3.12. The lowest BCUT2D eigenvalue weighted by molar-refractivity contribution is -0.173. The van der Waals surface area contributed by atoms with Crippen LogP contribution in [0.15, 0.2) is 0 Å². The molecular weight excluding hydrogens is 212 g/mol. The molecule has 0 aromatic heterocycles. The normalized spacial score (nSPS) is 40.9. The number of hydrogen-bond acceptors (Lipinski definition) is 4. The Morgan fingerprint density at radius 2 is 2.06 bits per heavy atom. The molecule has 2 aliphatic rings. The second-order valence-electron chi connectivity index (χ2n) is 5.02. The molecular formula is C11H18O5. The molecule has 0 bridgehead atoms. The van der Waals surface area contributed by atoms with Crippen molar-refractivity contribution >= 4 is 5.97 Å². The summed E-state index contributed by atoms with van der Waals surface area (Å²) in [7, 11) is 0. The number of ether oxygens (including phenoxy) is 3. The number of hydrogen-bond donors (Lipinski definition) is 1. The highest BCUT2D eigenvalue weighted by molar-refractivity contribution is 5.68. The summed E-state index contributed by atoms with van der Waals surface area (Å²) in [5, 5.41) is 8.59. The molecule has 0 radical (unpaired) electrons. The van der Waals surface area contributed by atoms with Gasteiger partial charge in [-0.2, -0.15) is 0 Å². The van der Waals surface area contributed by atoms with Crippen molar-refractivity contribution in [1.29, 1.82) is 0 Å². The highest BCUT2D eigenvalue weighted by atomic mass is 16.8. The summed E-state index contributed by atoms with van der Waals surface area (Å²) in [6.45, 7) is 5.54. The molecule has 0 spiro atoms. The standard InChI is InChI=1S/C11H18O5/c1-6-4-7(14-5-8(12)13)10-9(6)15-11(2,3)16-10/h6-7,9-10H,4-5H2,1-3H3,(H,12,13). The van der Waals surface area contributed by atoms with Crippen LogP contribution in [0.1, 0.15) is 27.2 Å². The Labute approximate surface area is 94.7 Å². The van der Waals surface area contributed by atoms with E-state index in [1.54, 1.807) is 0 Å². The smallest absolute Gasteiger partial charge is 0.329 e. The topological polar surface area (TPSA) is 65.0 Å². The Kier molecular flexibility index (Phi) is 2.94. The summed E-state index contributed by atoms with van der Waals surface area (Å²) >= 11 is 0. The van der Waals surface area contributed by atoms with E-state index in [1.165, 1.54) is 0 Å². The fraction of sp³-hybridized carbons (Fsp3) is 0.909. The highest BCUT2D eigenvalue weighted by Gasteiger charge is 2.53. The number of carboxylic acid groups (broad SMARTS) is 1. The highest BCUT2D eigenvalue weighted by Crippen LogP contribution is 2.42. The Morgan fingerprint density at radius 3 is 2.69 bits per heavy atom. The predicted molar refractivity (Wildman–Crippen MR) is 55.0 cm³/mol. The van der Waals surface area contributed by atoms with Crippen molar-refractivity contribution in [3.63, 3.8) is 0 Å². The van der Waals surface area contributed by atoms with E-state index in [4.69, 9.17) is 19.3 Å². The number of fused-ring (bicyclic) bond motifs is 1. The maximum Gasteiger partial charge on any atom is 0.329 e. The molecule has 1 aliphatic carbocycles. The van der Waals surface area contributed by atoms with Crippen LogP contribution in [0.4, 0.5) is 0 Å². The van der Waals surface area contributed by atoms with Gasteiger partial charge in [0.15, 0.2) is 5.79 Å². The van der Waals surface area contributed by atoms with Gasteiger partial charge in [0.05, 0.1) is 12.2 Å². The number of rotatable bonds is 3. The van der Waals surface area contributed by atoms with Gasteiger partial charge in [0.1, 0.15) is 12.7 Å². The minimum Gasteiger partial charge on any atom is -0.480 e. The van der Waals surface area contributed by atoms with Crippen LogP contribution in [-0.4, -0.2) is 41.8 Å². The number of aliphatic carboxylic acids is 1. The van der Waals surface area contributed by atoms with Crippen LogP contribution in [0.5, 0.6) is 0 Å². The Hall–Kier alpha value is -0.650. The molecule has 1 heterocycles. The van der Waals surface area contributed by atoms with Gasteiger partial charge in [0.25, 0.3) is 0 Å². The third-order valence-electron chi connectivity index (χ3n) is 3.12. The van der Waals surface area contributed by atoms with Crippen molar-refractivity contribution in [3.8, 4) is 0 Å². The minimum atomic E-state index is -0.950. The van der Waals surface area contributed by atoms with Crippen LogP contribution in [0.2, 0.25) is 0 Å². The minimum absolute atomic E-state index is 0.0220. The number of carbonyl (C=O) groups is 1. The lowest BCUT2D eigenvalue weighted by Crippen LogP contribution is -2.32. The van der Waals surface area contributed by atoms with E-state index in [0.717, 1.165) is 6.42 Å². The van der Waals surface area contributed by atoms with Gasteiger partial charge in [0, 0.05) is 0 Å². The van der Waals surface area contributed by atoms with E-state index in [-0.39, 0.29) is 24.9 Å². The molecule has 0 aromatic rings. The molecule has 2 rings (SSSR count). The molecule has 0 amide bonds. The lowest BCUT2D eigenvalue weighted by atomic mass is 10.1. The Balaban J connectivity index is 1.99. The zero-order chi connectivity index (χ0) is 11.9. The first-order valence-electron chi connectivity index (χ1n) is 5.58. The molecule has 1 aliphatic heterocycles. The Morgan fingerprint density at radius 1 is 1.44 bits per heavy atom. The van der Waals surface area contributed by atoms with E-state index < -0.39 is 11.8 Å². The third kappa shape index (κ3) is 2.21. The SMILES string of the molecule is CC1CC(OCC(=O)O)C2OC(C)(C)OC12. The van der Waals surface area contributed by atoms with Gasteiger partial charge < -0.3 is 19.3 Å². The summed E-state index contributed by atoms with van der Waals surface area (Å²) in [6.07, 6.45) is 0.509. The van der Waals surface area contributed by atoms with Crippen LogP contribution < -0.4 is 0 Å². The summed E-state index contributed by atoms with van der Waals surface area (Å²) < 4.78 is 16.9. The van der Waals surface area contributed by atoms with Gasteiger partial charge in [-0.05, 0) is 26.2 Å². The first-order chi connectivity index (χ1) is 7.39. The molecule has 5 heteroatoms. The average Bonchev–Trinajstić information content (AvgIpc) is 2.59. The van der Waals surface area contributed by atoms with E-state index in [1.807, 2.05) is 13.8 Å². The Bertz CT molecular complexity index is 288. The van der Waals surface area contributed by atoms with Gasteiger partial charge in [-0.3, -0.25) is 0 Å². The van der Waals surface area contributed by atoms with E-state index in [9.17, 15) is 4.79 Å². The maximum atomic E-state index is 10.5. The van der Waals surface area contributed by atoms with Crippen molar-refractivity contribution in [2.75, 3.05) is 6.61 Å². The monoisotopic (exact) mass is 230 g/mol. The fourth-order valence-corrected chi connectivity index (χ4v) is 2.52. The van der Waals surface area contributed by atoms with E-state index in [2.05, 4.69) is 6.92 Å². The zero-order valence-corrected chi connectivity index (χ0v) is 9.80. The predicted octanol–water partition coefficient (Wildman–Crippen LogP) is 1.02. The summed E-state index contributed by atoms with van der Waals surface area (Å²) in [5.74, 6) is -1.20. The average molecular weight is 230 g/mol. The molecule has 2 fully saturated rings. The largest absolute Gasteiger partial charge is 0.480 e. The molecule has 16 heavy (non-hydrogen) atoms. The first kappa shape index (κ1) is 11.8. The van der Waals surface area contributed by atoms with Crippen LogP contribution in [0.3, 0.4) is 0 Å². The first-order valence-corrected chi connectivity index (χ1v) is 5.58. The van der Waals surface area contributed by atoms with Crippen LogP contribution in [0.25, 0.3) is 0 Å². The summed E-state index contributed by atoms with van der Waals surface area (Å²) in [6, 6.07) is 0. The van der Waals surface area contributed by atoms with Crippen molar-refractivity contribution < 1.29 is 24.1 Å². The lowest BCUT2D eigenvalue weighted by Gasteiger charge is -2.22. The summed E-state index contributed by atoms with van der Waals surface area (Å²) in [5.41, 5.74) is 0. The van der Waals surface area contributed by atoms with Gasteiger partial charge in [0.2, 0.25) is 0 Å². The molecule has 0 aromatic carbocycles. The molecule has 1 N–H and O–H groups in total. The quantitative estimate of drug-likeness (QED) is 0.784. The van der Waals surface area contributed by atoms with Gasteiger partial charge in [-0.25, -0.2) is 4.79 Å². The molecule has 5 nitrogen and oxygen atoms in total. The second kappa shape index (κ2) is 3.98. The van der Waals surface area contributed by atoms with E-state index in [0.29, 0.717) is 5.92 Å². The van der Waals surface area contributed by atoms with E-state index >= 15 is 0 Å². The molecule has 1 saturated heterocycles. The van der Waals surface area contributed by atoms with Crippen molar-refractivity contribution in [3.05, 3.63) is 0 Å². The van der Waals surface area contributed by atoms with Crippen LogP contribution in [0, 0.1) is 5.92 Å². The number of carboxylic acids is 1. The molecule has 92 valence electrons. The molecule has 1 saturated carbocycles. The van der Waals surface area contributed by atoms with Crippen LogP contribution >= 0.6 is 0 Å². The van der Waals surface area contributed by atoms with Crippen molar-refractivity contribution in [1.82, 2.24) is 0 Å². The molecule has 4 atom stereocenters. The van der Waals surface area contributed by atoms with Gasteiger partial charge in [-0.15, -0.1) is 0 Å². The molecule has 4 unspecified atom stereocenters. The van der Waals surface area contributed by atoms with Gasteiger partial charge >= 0.3 is 5.97 Å².